The van der Waals surface area contributed by atoms with E-state index in [9.17, 15) is 9.90 Å². The molecule has 1 aromatic carbocycles. The number of likely N-dealkylation sites (N-methyl/N-ethyl adjacent to an activating group) is 1. The van der Waals surface area contributed by atoms with Gasteiger partial charge in [0, 0.05) is 19.2 Å². The van der Waals surface area contributed by atoms with E-state index in [2.05, 4.69) is 0 Å². The zero-order valence-electron chi connectivity index (χ0n) is 10.2. The van der Waals surface area contributed by atoms with Gasteiger partial charge < -0.3 is 10.0 Å². The zero-order valence-corrected chi connectivity index (χ0v) is 11.0. The van der Waals surface area contributed by atoms with E-state index < -0.39 is 0 Å². The second-order valence-corrected chi connectivity index (χ2v) is 4.97. The van der Waals surface area contributed by atoms with Gasteiger partial charge in [-0.05, 0) is 28.5 Å². The molecule has 1 amide bonds. The average molecular weight is 261 g/mol. The van der Waals surface area contributed by atoms with Gasteiger partial charge in [-0.1, -0.05) is 18.2 Å². The van der Waals surface area contributed by atoms with Crippen LogP contribution < -0.4 is 0 Å². The number of phenolic OH excluding ortho intramolecular Hbond substituents is 1. The quantitative estimate of drug-likeness (QED) is 0.919. The minimum atomic E-state index is 0.00250. The number of rotatable bonds is 4. The highest BCUT2D eigenvalue weighted by molar-refractivity contribution is 7.07. The number of nitrogens with zero attached hydrogens (tertiary/aromatic N) is 1. The molecule has 0 aliphatic carbocycles. The van der Waals surface area contributed by atoms with Gasteiger partial charge in [0.25, 0.3) is 0 Å². The maximum absolute atomic E-state index is 12.0. The van der Waals surface area contributed by atoms with Crippen LogP contribution in [0.2, 0.25) is 0 Å². The van der Waals surface area contributed by atoms with Crippen molar-refractivity contribution < 1.29 is 9.90 Å². The molecule has 0 fully saturated rings. The lowest BCUT2D eigenvalue weighted by Crippen LogP contribution is -2.27. The van der Waals surface area contributed by atoms with E-state index in [0.29, 0.717) is 12.1 Å². The number of aromatic hydroxyl groups is 1. The van der Waals surface area contributed by atoms with Crippen molar-refractivity contribution in [3.05, 3.63) is 52.2 Å². The Bertz CT molecular complexity index is 522. The summed E-state index contributed by atoms with van der Waals surface area (Å²) in [5.41, 5.74) is 1.80. The van der Waals surface area contributed by atoms with E-state index in [1.54, 1.807) is 41.5 Å². The molecule has 0 bridgehead atoms. The molecule has 0 saturated carbocycles. The summed E-state index contributed by atoms with van der Waals surface area (Å²) in [7, 11) is 1.78. The van der Waals surface area contributed by atoms with E-state index in [4.69, 9.17) is 0 Å². The predicted octanol–water partition coefficient (Wildman–Crippen LogP) is 2.65. The van der Waals surface area contributed by atoms with Crippen LogP contribution in [-0.4, -0.2) is 23.0 Å². The fraction of sp³-hybridized carbons (Fsp3) is 0.214. The maximum atomic E-state index is 12.0. The molecular formula is C14H15NO2S. The summed E-state index contributed by atoms with van der Waals surface area (Å²) < 4.78 is 0. The molecule has 1 N–H and O–H groups in total. The van der Waals surface area contributed by atoms with Crippen molar-refractivity contribution in [2.75, 3.05) is 7.05 Å². The first-order valence-corrected chi connectivity index (χ1v) is 6.63. The number of thiophene rings is 1. The molecule has 0 atom stereocenters. The molecule has 1 aromatic heterocycles. The van der Waals surface area contributed by atoms with E-state index in [-0.39, 0.29) is 18.1 Å². The van der Waals surface area contributed by atoms with Gasteiger partial charge in [0.2, 0.25) is 5.91 Å². The standard InChI is InChI=1S/C14H15NO2S/c1-15(9-11-6-7-18-10-11)14(17)8-12-4-2-3-5-13(12)16/h2-7,10,16H,8-9H2,1H3. The number of para-hydroxylation sites is 1. The number of carbonyl (C=O) groups is 1. The summed E-state index contributed by atoms with van der Waals surface area (Å²) >= 11 is 1.62. The van der Waals surface area contributed by atoms with Crippen LogP contribution in [0.25, 0.3) is 0 Å². The molecule has 1 heterocycles. The molecule has 0 unspecified atom stereocenters. The molecule has 4 heteroatoms. The second kappa shape index (κ2) is 5.69. The molecule has 0 spiro atoms. The Morgan fingerprint density at radius 3 is 2.78 bits per heavy atom. The van der Waals surface area contributed by atoms with E-state index >= 15 is 0 Å². The largest absolute Gasteiger partial charge is 0.508 e. The zero-order chi connectivity index (χ0) is 13.0. The van der Waals surface area contributed by atoms with Gasteiger partial charge in [0.15, 0.2) is 0 Å². The monoisotopic (exact) mass is 261 g/mol. The Kier molecular flexibility index (Phi) is 3.99. The van der Waals surface area contributed by atoms with Crippen molar-refractivity contribution in [3.63, 3.8) is 0 Å². The molecule has 2 aromatic rings. The van der Waals surface area contributed by atoms with Crippen molar-refractivity contribution >= 4 is 17.2 Å². The van der Waals surface area contributed by atoms with Crippen LogP contribution in [0.15, 0.2) is 41.1 Å². The molecular weight excluding hydrogens is 246 g/mol. The summed E-state index contributed by atoms with van der Waals surface area (Å²) in [5, 5.41) is 13.7. The van der Waals surface area contributed by atoms with Crippen molar-refractivity contribution in [2.24, 2.45) is 0 Å². The first kappa shape index (κ1) is 12.6. The first-order valence-electron chi connectivity index (χ1n) is 5.68. The minimum Gasteiger partial charge on any atom is -0.508 e. The summed E-state index contributed by atoms with van der Waals surface area (Å²) in [6.45, 7) is 0.607. The average Bonchev–Trinajstić information content (AvgIpc) is 2.84. The third kappa shape index (κ3) is 3.11. The molecule has 2 rings (SSSR count). The van der Waals surface area contributed by atoms with Crippen molar-refractivity contribution in [2.45, 2.75) is 13.0 Å². The van der Waals surface area contributed by atoms with Gasteiger partial charge in [-0.2, -0.15) is 11.3 Å². The molecule has 18 heavy (non-hydrogen) atoms. The van der Waals surface area contributed by atoms with Gasteiger partial charge in [0.05, 0.1) is 6.42 Å². The molecule has 94 valence electrons. The van der Waals surface area contributed by atoms with Crippen LogP contribution in [0.5, 0.6) is 5.75 Å². The predicted molar refractivity (Wildman–Crippen MR) is 72.6 cm³/mol. The van der Waals surface area contributed by atoms with Crippen LogP contribution >= 0.6 is 11.3 Å². The molecule has 0 aliphatic heterocycles. The summed E-state index contributed by atoms with van der Waals surface area (Å²) in [4.78, 5) is 13.7. The van der Waals surface area contributed by atoms with Crippen molar-refractivity contribution in [1.29, 1.82) is 0 Å². The van der Waals surface area contributed by atoms with Crippen LogP contribution in [0.3, 0.4) is 0 Å². The molecule has 3 nitrogen and oxygen atoms in total. The Hall–Kier alpha value is -1.81. The highest BCUT2D eigenvalue weighted by Crippen LogP contribution is 2.17. The van der Waals surface area contributed by atoms with Gasteiger partial charge in [-0.15, -0.1) is 0 Å². The highest BCUT2D eigenvalue weighted by atomic mass is 32.1. The number of hydrogen-bond acceptors (Lipinski definition) is 3. The Balaban J connectivity index is 1.98. The highest BCUT2D eigenvalue weighted by Gasteiger charge is 2.12. The SMILES string of the molecule is CN(Cc1ccsc1)C(=O)Cc1ccccc1O. The first-order chi connectivity index (χ1) is 8.66. The number of benzene rings is 1. The summed E-state index contributed by atoms with van der Waals surface area (Å²) in [5.74, 6) is 0.178. The molecule has 0 radical (unpaired) electrons. The van der Waals surface area contributed by atoms with E-state index in [1.807, 2.05) is 22.9 Å². The smallest absolute Gasteiger partial charge is 0.227 e. The van der Waals surface area contributed by atoms with Gasteiger partial charge >= 0.3 is 0 Å². The molecule has 0 aliphatic rings. The third-order valence-corrected chi connectivity index (χ3v) is 3.49. The number of hydrogen-bond donors (Lipinski definition) is 1. The van der Waals surface area contributed by atoms with E-state index in [1.165, 1.54) is 0 Å². The van der Waals surface area contributed by atoms with Crippen LogP contribution in [0, 0.1) is 0 Å². The number of carbonyl (C=O) groups excluding carboxylic acids is 1. The lowest BCUT2D eigenvalue weighted by Gasteiger charge is -2.16. The third-order valence-electron chi connectivity index (χ3n) is 2.76. The Morgan fingerprint density at radius 1 is 1.33 bits per heavy atom. The normalized spacial score (nSPS) is 10.3. The van der Waals surface area contributed by atoms with Crippen molar-refractivity contribution in [3.8, 4) is 5.75 Å². The second-order valence-electron chi connectivity index (χ2n) is 4.19. The fourth-order valence-electron chi connectivity index (χ4n) is 1.70. The van der Waals surface area contributed by atoms with E-state index in [0.717, 1.165) is 5.56 Å². The van der Waals surface area contributed by atoms with Crippen LogP contribution in [-0.2, 0) is 17.8 Å². The van der Waals surface area contributed by atoms with Crippen LogP contribution in [0.1, 0.15) is 11.1 Å². The maximum Gasteiger partial charge on any atom is 0.227 e. The lowest BCUT2D eigenvalue weighted by molar-refractivity contribution is -0.129. The van der Waals surface area contributed by atoms with Gasteiger partial charge in [-0.3, -0.25) is 4.79 Å². The number of phenols is 1. The Labute approximate surface area is 110 Å². The van der Waals surface area contributed by atoms with Crippen molar-refractivity contribution in [1.82, 2.24) is 4.90 Å². The minimum absolute atomic E-state index is 0.00250. The fourth-order valence-corrected chi connectivity index (χ4v) is 2.36. The summed E-state index contributed by atoms with van der Waals surface area (Å²) in [6, 6.07) is 8.95. The van der Waals surface area contributed by atoms with Gasteiger partial charge in [-0.25, -0.2) is 0 Å². The van der Waals surface area contributed by atoms with Crippen LogP contribution in [0.4, 0.5) is 0 Å². The molecule has 0 saturated heterocycles. The lowest BCUT2D eigenvalue weighted by atomic mass is 10.1. The topological polar surface area (TPSA) is 40.5 Å². The number of amides is 1. The van der Waals surface area contributed by atoms with Gasteiger partial charge in [0.1, 0.15) is 5.75 Å². The Morgan fingerprint density at radius 2 is 2.11 bits per heavy atom. The summed E-state index contributed by atoms with van der Waals surface area (Å²) in [6.07, 6.45) is 0.229.